The Kier molecular flexibility index (Phi) is 8.91. The monoisotopic (exact) mass is 511 g/mol. The first-order chi connectivity index (χ1) is 17.2. The Morgan fingerprint density at radius 3 is 2.25 bits per heavy atom. The van der Waals surface area contributed by atoms with Crippen molar-refractivity contribution in [3.63, 3.8) is 0 Å². The molecular formula is C26H29N3O6S. The first kappa shape index (κ1) is 26.6. The minimum Gasteiger partial charge on any atom is -0.497 e. The number of aryl methyl sites for hydroxylation is 1. The molecule has 0 saturated heterocycles. The van der Waals surface area contributed by atoms with Gasteiger partial charge in [0, 0.05) is 6.07 Å². The molecule has 3 rings (SSSR count). The van der Waals surface area contributed by atoms with Crippen molar-refractivity contribution >= 4 is 27.8 Å². The number of carbonyl (C=O) groups is 1. The molecule has 0 aliphatic carbocycles. The van der Waals surface area contributed by atoms with E-state index in [-0.39, 0.29) is 11.4 Å². The van der Waals surface area contributed by atoms with Crippen LogP contribution in [-0.2, 0) is 21.4 Å². The molecule has 0 aromatic heterocycles. The van der Waals surface area contributed by atoms with Gasteiger partial charge in [-0.05, 0) is 54.4 Å². The largest absolute Gasteiger partial charge is 0.497 e. The van der Waals surface area contributed by atoms with Gasteiger partial charge in [-0.1, -0.05) is 29.8 Å². The highest BCUT2D eigenvalue weighted by Gasteiger charge is 2.24. The van der Waals surface area contributed by atoms with Crippen LogP contribution in [0.3, 0.4) is 0 Å². The molecule has 0 radical (unpaired) electrons. The highest BCUT2D eigenvalue weighted by Crippen LogP contribution is 2.33. The molecule has 0 atom stereocenters. The number of hydrazone groups is 1. The molecule has 10 heteroatoms. The van der Waals surface area contributed by atoms with Gasteiger partial charge in [0.1, 0.15) is 30.4 Å². The number of anilines is 1. The highest BCUT2D eigenvalue weighted by molar-refractivity contribution is 7.92. The molecule has 3 aromatic rings. The molecule has 36 heavy (non-hydrogen) atoms. The van der Waals surface area contributed by atoms with Crippen molar-refractivity contribution in [3.05, 3.63) is 83.4 Å². The Labute approximate surface area is 211 Å². The molecule has 0 heterocycles. The fourth-order valence-corrected chi connectivity index (χ4v) is 4.07. The summed E-state index contributed by atoms with van der Waals surface area (Å²) in [6.45, 7) is 2.00. The number of methoxy groups -OCH3 is 2. The van der Waals surface area contributed by atoms with Crippen LogP contribution < -0.4 is 23.9 Å². The van der Waals surface area contributed by atoms with Crippen LogP contribution in [0.1, 0.15) is 16.7 Å². The molecular weight excluding hydrogens is 482 g/mol. The third-order valence-electron chi connectivity index (χ3n) is 5.15. The van der Waals surface area contributed by atoms with Gasteiger partial charge in [-0.3, -0.25) is 9.10 Å². The van der Waals surface area contributed by atoms with Gasteiger partial charge in [0.05, 0.1) is 32.4 Å². The van der Waals surface area contributed by atoms with Crippen molar-refractivity contribution in [2.24, 2.45) is 5.10 Å². The zero-order chi connectivity index (χ0) is 26.1. The van der Waals surface area contributed by atoms with Crippen molar-refractivity contribution in [2.45, 2.75) is 13.5 Å². The van der Waals surface area contributed by atoms with Gasteiger partial charge in [-0.25, -0.2) is 13.8 Å². The molecule has 190 valence electrons. The summed E-state index contributed by atoms with van der Waals surface area (Å²) >= 11 is 0. The van der Waals surface area contributed by atoms with E-state index in [9.17, 15) is 13.2 Å². The summed E-state index contributed by atoms with van der Waals surface area (Å²) in [7, 11) is -0.939. The maximum absolute atomic E-state index is 12.5. The van der Waals surface area contributed by atoms with Gasteiger partial charge in [0.15, 0.2) is 0 Å². The lowest BCUT2D eigenvalue weighted by molar-refractivity contribution is -0.119. The summed E-state index contributed by atoms with van der Waals surface area (Å²) in [6.07, 6.45) is 2.46. The van der Waals surface area contributed by atoms with E-state index in [1.54, 1.807) is 36.4 Å². The van der Waals surface area contributed by atoms with Gasteiger partial charge in [-0.15, -0.1) is 0 Å². The molecule has 1 amide bonds. The number of rotatable bonds is 11. The van der Waals surface area contributed by atoms with Crippen LogP contribution >= 0.6 is 0 Å². The van der Waals surface area contributed by atoms with E-state index in [0.717, 1.165) is 21.7 Å². The van der Waals surface area contributed by atoms with E-state index in [1.165, 1.54) is 32.1 Å². The molecule has 3 aromatic carbocycles. The van der Waals surface area contributed by atoms with Gasteiger partial charge in [0.25, 0.3) is 5.91 Å². The summed E-state index contributed by atoms with van der Waals surface area (Å²) < 4.78 is 42.0. The van der Waals surface area contributed by atoms with Crippen molar-refractivity contribution in [1.29, 1.82) is 0 Å². The van der Waals surface area contributed by atoms with E-state index >= 15 is 0 Å². The number of hydrogen-bond acceptors (Lipinski definition) is 7. The number of nitrogens with zero attached hydrogens (tertiary/aromatic N) is 2. The minimum absolute atomic E-state index is 0.180. The van der Waals surface area contributed by atoms with E-state index in [0.29, 0.717) is 18.1 Å². The van der Waals surface area contributed by atoms with E-state index in [1.807, 2.05) is 31.2 Å². The second-order valence-corrected chi connectivity index (χ2v) is 9.85. The van der Waals surface area contributed by atoms with Crippen LogP contribution in [0, 0.1) is 6.92 Å². The minimum atomic E-state index is -3.81. The quantitative estimate of drug-likeness (QED) is 0.312. The molecule has 0 bridgehead atoms. The van der Waals surface area contributed by atoms with E-state index in [2.05, 4.69) is 10.5 Å². The van der Waals surface area contributed by atoms with Crippen LogP contribution in [0.5, 0.6) is 17.2 Å². The number of nitrogens with one attached hydrogen (secondary N) is 1. The highest BCUT2D eigenvalue weighted by atomic mass is 32.2. The smallest absolute Gasteiger partial charge is 0.260 e. The summed E-state index contributed by atoms with van der Waals surface area (Å²) in [6, 6.07) is 20.0. The number of amides is 1. The zero-order valence-corrected chi connectivity index (χ0v) is 21.4. The first-order valence-corrected chi connectivity index (χ1v) is 12.8. The van der Waals surface area contributed by atoms with Crippen molar-refractivity contribution in [2.75, 3.05) is 31.3 Å². The van der Waals surface area contributed by atoms with Crippen LogP contribution in [0.25, 0.3) is 0 Å². The predicted molar refractivity (Wildman–Crippen MR) is 139 cm³/mol. The van der Waals surface area contributed by atoms with Crippen molar-refractivity contribution in [1.82, 2.24) is 5.43 Å². The number of carbonyl (C=O) groups excluding carboxylic acids is 1. The molecule has 0 aliphatic rings. The number of ether oxygens (including phenoxy) is 3. The summed E-state index contributed by atoms with van der Waals surface area (Å²) in [5, 5.41) is 3.94. The van der Waals surface area contributed by atoms with Gasteiger partial charge in [-0.2, -0.15) is 5.10 Å². The second kappa shape index (κ2) is 12.1. The third kappa shape index (κ3) is 7.47. The molecule has 9 nitrogen and oxygen atoms in total. The molecule has 0 saturated carbocycles. The first-order valence-electron chi connectivity index (χ1n) is 11.0. The lowest BCUT2D eigenvalue weighted by Crippen LogP contribution is -2.39. The average molecular weight is 512 g/mol. The van der Waals surface area contributed by atoms with Crippen LogP contribution in [-0.4, -0.2) is 47.6 Å². The maximum atomic E-state index is 12.5. The fraction of sp³-hybridized carbons (Fsp3) is 0.231. The number of sulfonamides is 1. The van der Waals surface area contributed by atoms with Gasteiger partial charge >= 0.3 is 0 Å². The van der Waals surface area contributed by atoms with Crippen LogP contribution in [0.4, 0.5) is 5.69 Å². The molecule has 0 aliphatic heterocycles. The van der Waals surface area contributed by atoms with Crippen LogP contribution in [0.2, 0.25) is 0 Å². The SMILES string of the molecule is COc1ccc(OC)c(N(CC(=O)N/N=C\c2ccc(OCc3ccc(C)cc3)cc2)S(C)(=O)=O)c1. The average Bonchev–Trinajstić information content (AvgIpc) is 2.86. The Bertz CT molecular complexity index is 1310. The lowest BCUT2D eigenvalue weighted by Gasteiger charge is -2.23. The van der Waals surface area contributed by atoms with Gasteiger partial charge in [0.2, 0.25) is 10.0 Å². The summed E-state index contributed by atoms with van der Waals surface area (Å²) in [5.41, 5.74) is 5.53. The zero-order valence-electron chi connectivity index (χ0n) is 20.6. The van der Waals surface area contributed by atoms with Crippen LogP contribution in [0.15, 0.2) is 71.8 Å². The van der Waals surface area contributed by atoms with Gasteiger partial charge < -0.3 is 14.2 Å². The predicted octanol–water partition coefficient (Wildman–Crippen LogP) is 3.51. The molecule has 0 spiro atoms. The summed E-state index contributed by atoms with van der Waals surface area (Å²) in [4.78, 5) is 12.5. The Balaban J connectivity index is 1.60. The van der Waals surface area contributed by atoms with E-state index in [4.69, 9.17) is 14.2 Å². The second-order valence-electron chi connectivity index (χ2n) is 7.94. The Morgan fingerprint density at radius 1 is 0.972 bits per heavy atom. The summed E-state index contributed by atoms with van der Waals surface area (Å²) in [5.74, 6) is 0.777. The lowest BCUT2D eigenvalue weighted by atomic mass is 10.2. The Hall–Kier alpha value is -4.05. The van der Waals surface area contributed by atoms with E-state index < -0.39 is 22.5 Å². The fourth-order valence-electron chi connectivity index (χ4n) is 3.22. The molecule has 0 fully saturated rings. The Morgan fingerprint density at radius 2 is 1.64 bits per heavy atom. The number of benzene rings is 3. The van der Waals surface area contributed by atoms with Crippen molar-refractivity contribution < 1.29 is 27.4 Å². The van der Waals surface area contributed by atoms with Crippen molar-refractivity contribution in [3.8, 4) is 17.2 Å². The number of hydrogen-bond donors (Lipinski definition) is 1. The molecule has 1 N–H and O–H groups in total. The topological polar surface area (TPSA) is 107 Å². The normalized spacial score (nSPS) is 11.2. The third-order valence-corrected chi connectivity index (χ3v) is 6.28. The molecule has 0 unspecified atom stereocenters. The standard InChI is InChI=1S/C26H29N3O6S/c1-19-5-7-21(8-6-19)18-35-22-11-9-20(10-12-22)16-27-28-26(30)17-29(36(4,31)32)24-15-23(33-2)13-14-25(24)34-3/h5-16H,17-18H2,1-4H3,(H,28,30)/b27-16-. The maximum Gasteiger partial charge on any atom is 0.260 e.